The van der Waals surface area contributed by atoms with Gasteiger partial charge in [-0.05, 0) is 23.2 Å². The van der Waals surface area contributed by atoms with Crippen LogP contribution in [-0.2, 0) is 6.54 Å². The first-order valence-electron chi connectivity index (χ1n) is 4.01. The lowest BCUT2D eigenvalue weighted by molar-refractivity contribution is 1.04. The molecule has 13 heavy (non-hydrogen) atoms. The SMILES string of the molecule is CN(C)c1ccc(CN=[N+]=[N-])cc1. The maximum atomic E-state index is 8.12. The third-order valence-corrected chi connectivity index (χ3v) is 1.77. The van der Waals surface area contributed by atoms with Gasteiger partial charge < -0.3 is 4.90 Å². The molecule has 0 N–H and O–H groups in total. The van der Waals surface area contributed by atoms with E-state index in [9.17, 15) is 0 Å². The van der Waals surface area contributed by atoms with E-state index in [0.29, 0.717) is 6.54 Å². The standard InChI is InChI=1S/C9H12N4/c1-13(2)9-5-3-8(4-6-9)7-11-12-10/h3-6H,7H2,1-2H3. The minimum Gasteiger partial charge on any atom is -0.378 e. The lowest BCUT2D eigenvalue weighted by Gasteiger charge is -2.11. The van der Waals surface area contributed by atoms with Crippen molar-refractivity contribution in [2.24, 2.45) is 5.11 Å². The monoisotopic (exact) mass is 176 g/mol. The molecule has 68 valence electrons. The Bertz CT molecular complexity index is 309. The molecule has 0 heterocycles. The average molecular weight is 176 g/mol. The van der Waals surface area contributed by atoms with E-state index in [-0.39, 0.29) is 0 Å². The van der Waals surface area contributed by atoms with Crippen LogP contribution in [0, 0.1) is 0 Å². The number of hydrogen-bond donors (Lipinski definition) is 0. The smallest absolute Gasteiger partial charge is 0.0510 e. The number of azide groups is 1. The van der Waals surface area contributed by atoms with Crippen molar-refractivity contribution in [3.05, 3.63) is 40.3 Å². The fourth-order valence-electron chi connectivity index (χ4n) is 1.01. The van der Waals surface area contributed by atoms with Gasteiger partial charge in [-0.3, -0.25) is 0 Å². The van der Waals surface area contributed by atoms with Crippen LogP contribution in [0.5, 0.6) is 0 Å². The van der Waals surface area contributed by atoms with Gasteiger partial charge in [0.05, 0.1) is 6.54 Å². The summed E-state index contributed by atoms with van der Waals surface area (Å²) in [5.74, 6) is 0. The van der Waals surface area contributed by atoms with Crippen molar-refractivity contribution in [2.75, 3.05) is 19.0 Å². The van der Waals surface area contributed by atoms with Crippen molar-refractivity contribution >= 4 is 5.69 Å². The third-order valence-electron chi connectivity index (χ3n) is 1.77. The number of anilines is 1. The molecule has 4 nitrogen and oxygen atoms in total. The second kappa shape index (κ2) is 4.38. The van der Waals surface area contributed by atoms with Crippen LogP contribution in [0.15, 0.2) is 29.4 Å². The molecular formula is C9H12N4. The van der Waals surface area contributed by atoms with E-state index in [1.54, 1.807) is 0 Å². The van der Waals surface area contributed by atoms with Gasteiger partial charge >= 0.3 is 0 Å². The molecule has 0 radical (unpaired) electrons. The summed E-state index contributed by atoms with van der Waals surface area (Å²) >= 11 is 0. The molecular weight excluding hydrogens is 164 g/mol. The topological polar surface area (TPSA) is 52.0 Å². The fraction of sp³-hybridized carbons (Fsp3) is 0.333. The highest BCUT2D eigenvalue weighted by Crippen LogP contribution is 2.12. The molecule has 0 amide bonds. The van der Waals surface area contributed by atoms with Crippen molar-refractivity contribution in [3.8, 4) is 0 Å². The van der Waals surface area contributed by atoms with Gasteiger partial charge in [0.1, 0.15) is 0 Å². The largest absolute Gasteiger partial charge is 0.378 e. The van der Waals surface area contributed by atoms with Crippen molar-refractivity contribution in [1.29, 1.82) is 0 Å². The van der Waals surface area contributed by atoms with Crippen LogP contribution in [0.3, 0.4) is 0 Å². The van der Waals surface area contributed by atoms with E-state index in [4.69, 9.17) is 5.53 Å². The Kier molecular flexibility index (Phi) is 3.17. The number of rotatable bonds is 3. The molecule has 0 aliphatic rings. The first-order valence-corrected chi connectivity index (χ1v) is 4.01. The second-order valence-corrected chi connectivity index (χ2v) is 2.95. The zero-order valence-electron chi connectivity index (χ0n) is 7.81. The molecule has 0 aromatic heterocycles. The van der Waals surface area contributed by atoms with Crippen LogP contribution in [0.2, 0.25) is 0 Å². The third kappa shape index (κ3) is 2.69. The maximum Gasteiger partial charge on any atom is 0.0510 e. The lowest BCUT2D eigenvalue weighted by Crippen LogP contribution is -2.08. The first kappa shape index (κ1) is 9.42. The van der Waals surface area contributed by atoms with E-state index < -0.39 is 0 Å². The highest BCUT2D eigenvalue weighted by atomic mass is 15.1. The highest BCUT2D eigenvalue weighted by Gasteiger charge is 1.94. The molecule has 0 bridgehead atoms. The Morgan fingerprint density at radius 1 is 1.31 bits per heavy atom. The molecule has 4 heteroatoms. The molecule has 1 aromatic carbocycles. The number of benzene rings is 1. The summed E-state index contributed by atoms with van der Waals surface area (Å²) in [6.45, 7) is 0.421. The van der Waals surface area contributed by atoms with Crippen LogP contribution >= 0.6 is 0 Å². The molecule has 0 aliphatic carbocycles. The second-order valence-electron chi connectivity index (χ2n) is 2.95. The van der Waals surface area contributed by atoms with Crippen LogP contribution in [-0.4, -0.2) is 14.1 Å². The van der Waals surface area contributed by atoms with Gasteiger partial charge in [-0.2, -0.15) is 0 Å². The van der Waals surface area contributed by atoms with Crippen molar-refractivity contribution in [3.63, 3.8) is 0 Å². The van der Waals surface area contributed by atoms with E-state index in [2.05, 4.69) is 10.0 Å². The van der Waals surface area contributed by atoms with Gasteiger partial charge in [0.25, 0.3) is 0 Å². The predicted octanol–water partition coefficient (Wildman–Crippen LogP) is 2.56. The van der Waals surface area contributed by atoms with Crippen molar-refractivity contribution in [2.45, 2.75) is 6.54 Å². The van der Waals surface area contributed by atoms with Crippen molar-refractivity contribution in [1.82, 2.24) is 0 Å². The predicted molar refractivity (Wildman–Crippen MR) is 53.6 cm³/mol. The summed E-state index contributed by atoms with van der Waals surface area (Å²) in [6.07, 6.45) is 0. The summed E-state index contributed by atoms with van der Waals surface area (Å²) in [5, 5.41) is 3.48. The minimum absolute atomic E-state index is 0.421. The summed E-state index contributed by atoms with van der Waals surface area (Å²) in [6, 6.07) is 7.93. The van der Waals surface area contributed by atoms with E-state index in [1.807, 2.05) is 43.3 Å². The van der Waals surface area contributed by atoms with Crippen molar-refractivity contribution < 1.29 is 0 Å². The molecule has 0 saturated heterocycles. The average Bonchev–Trinajstić information content (AvgIpc) is 2.15. The van der Waals surface area contributed by atoms with Gasteiger partial charge in [-0.25, -0.2) is 0 Å². The van der Waals surface area contributed by atoms with E-state index >= 15 is 0 Å². The number of nitrogens with zero attached hydrogens (tertiary/aromatic N) is 4. The molecule has 1 aromatic rings. The molecule has 0 saturated carbocycles. The molecule has 0 unspecified atom stereocenters. The normalized spacial score (nSPS) is 9.08. The zero-order chi connectivity index (χ0) is 9.68. The van der Waals surface area contributed by atoms with Crippen LogP contribution in [0.4, 0.5) is 5.69 Å². The summed E-state index contributed by atoms with van der Waals surface area (Å²) < 4.78 is 0. The summed E-state index contributed by atoms with van der Waals surface area (Å²) in [4.78, 5) is 4.73. The first-order chi connectivity index (χ1) is 6.24. The van der Waals surface area contributed by atoms with Crippen LogP contribution in [0.25, 0.3) is 10.4 Å². The fourth-order valence-corrected chi connectivity index (χ4v) is 1.01. The van der Waals surface area contributed by atoms with Gasteiger partial charge in [0, 0.05) is 24.7 Å². The molecule has 0 atom stereocenters. The minimum atomic E-state index is 0.421. The van der Waals surface area contributed by atoms with Gasteiger partial charge in [0.15, 0.2) is 0 Å². The number of hydrogen-bond acceptors (Lipinski definition) is 2. The lowest BCUT2D eigenvalue weighted by atomic mass is 10.2. The Morgan fingerprint density at radius 2 is 1.92 bits per heavy atom. The Labute approximate surface area is 77.4 Å². The molecule has 0 spiro atoms. The maximum absolute atomic E-state index is 8.12. The quantitative estimate of drug-likeness (QED) is 0.396. The van der Waals surface area contributed by atoms with E-state index in [0.717, 1.165) is 11.3 Å². The molecule has 1 rings (SSSR count). The van der Waals surface area contributed by atoms with Gasteiger partial charge in [-0.15, -0.1) is 0 Å². The van der Waals surface area contributed by atoms with Crippen LogP contribution in [0.1, 0.15) is 5.56 Å². The zero-order valence-corrected chi connectivity index (χ0v) is 7.81. The van der Waals surface area contributed by atoms with Gasteiger partial charge in [0.2, 0.25) is 0 Å². The highest BCUT2D eigenvalue weighted by molar-refractivity contribution is 5.45. The Hall–Kier alpha value is -1.67. The van der Waals surface area contributed by atoms with E-state index in [1.165, 1.54) is 0 Å². The summed E-state index contributed by atoms with van der Waals surface area (Å²) in [5.41, 5.74) is 10.3. The van der Waals surface area contributed by atoms with Crippen LogP contribution < -0.4 is 4.90 Å². The Morgan fingerprint density at radius 3 is 2.38 bits per heavy atom. The molecule has 0 fully saturated rings. The summed E-state index contributed by atoms with van der Waals surface area (Å²) in [7, 11) is 3.98. The van der Waals surface area contributed by atoms with Gasteiger partial charge in [-0.1, -0.05) is 17.2 Å². The molecule has 0 aliphatic heterocycles. The Balaban J connectivity index is 2.75.